The molecule has 0 unspecified atom stereocenters. The van der Waals surface area contributed by atoms with Crippen molar-refractivity contribution in [2.24, 2.45) is 5.92 Å². The number of carbonyl (C=O) groups is 2. The largest absolute Gasteiger partial charge is 0.469 e. The van der Waals surface area contributed by atoms with Gasteiger partial charge in [-0.1, -0.05) is 18.0 Å². The third-order valence-electron chi connectivity index (χ3n) is 3.45. The first kappa shape index (κ1) is 13.6. The number of hydrogen-bond acceptors (Lipinski definition) is 5. The van der Waals surface area contributed by atoms with Gasteiger partial charge in [0.25, 0.3) is 0 Å². The van der Waals surface area contributed by atoms with E-state index in [4.69, 9.17) is 4.74 Å². The summed E-state index contributed by atoms with van der Waals surface area (Å²) in [7, 11) is 1.38. The summed E-state index contributed by atoms with van der Waals surface area (Å²) >= 11 is 0. The highest BCUT2D eigenvalue weighted by atomic mass is 16.5. The van der Waals surface area contributed by atoms with E-state index < -0.39 is 0 Å². The van der Waals surface area contributed by atoms with Crippen LogP contribution in [0.15, 0.2) is 16.9 Å². The van der Waals surface area contributed by atoms with Gasteiger partial charge in [0.15, 0.2) is 0 Å². The third kappa shape index (κ3) is 3.56. The van der Waals surface area contributed by atoms with Gasteiger partial charge in [0.2, 0.25) is 5.91 Å². The monoisotopic (exact) mass is 266 g/mol. The van der Waals surface area contributed by atoms with E-state index in [2.05, 4.69) is 15.0 Å². The van der Waals surface area contributed by atoms with Gasteiger partial charge >= 0.3 is 5.97 Å². The number of hydrogen-bond donors (Lipinski definition) is 1. The zero-order valence-electron chi connectivity index (χ0n) is 10.9. The van der Waals surface area contributed by atoms with Crippen molar-refractivity contribution < 1.29 is 18.8 Å². The van der Waals surface area contributed by atoms with Gasteiger partial charge in [-0.2, -0.15) is 0 Å². The third-order valence-corrected chi connectivity index (χ3v) is 3.45. The lowest BCUT2D eigenvalue weighted by Gasteiger charge is -2.30. The van der Waals surface area contributed by atoms with Crippen LogP contribution in [0, 0.1) is 5.92 Å². The van der Waals surface area contributed by atoms with Gasteiger partial charge in [-0.3, -0.25) is 9.59 Å². The first-order valence-corrected chi connectivity index (χ1v) is 6.47. The number of methoxy groups -OCH3 is 1. The molecule has 0 aromatic carbocycles. The van der Waals surface area contributed by atoms with Crippen molar-refractivity contribution in [1.29, 1.82) is 0 Å². The lowest BCUT2D eigenvalue weighted by Crippen LogP contribution is -2.46. The molecule has 1 aromatic rings. The van der Waals surface area contributed by atoms with Crippen molar-refractivity contribution in [3.05, 3.63) is 18.0 Å². The smallest absolute Gasteiger partial charge is 0.310 e. The molecule has 0 saturated heterocycles. The summed E-state index contributed by atoms with van der Waals surface area (Å²) in [5.41, 5.74) is 0.586. The van der Waals surface area contributed by atoms with Crippen LogP contribution in [0.3, 0.4) is 0 Å². The normalized spacial score (nSPS) is 22.8. The zero-order chi connectivity index (χ0) is 13.7. The summed E-state index contributed by atoms with van der Waals surface area (Å²) in [6.07, 6.45) is 5.19. The Balaban J connectivity index is 1.91. The van der Waals surface area contributed by atoms with Crippen molar-refractivity contribution in [3.63, 3.8) is 0 Å². The van der Waals surface area contributed by atoms with Crippen LogP contribution in [0.25, 0.3) is 0 Å². The van der Waals surface area contributed by atoms with Crippen LogP contribution in [-0.4, -0.2) is 30.2 Å². The molecule has 6 heteroatoms. The topological polar surface area (TPSA) is 81.4 Å². The maximum absolute atomic E-state index is 11.9. The maximum atomic E-state index is 11.9. The molecule has 1 N–H and O–H groups in total. The molecule has 1 aliphatic rings. The van der Waals surface area contributed by atoms with Crippen molar-refractivity contribution in [3.8, 4) is 0 Å². The molecule has 0 aliphatic heterocycles. The Morgan fingerprint density at radius 2 is 2.26 bits per heavy atom. The van der Waals surface area contributed by atoms with Crippen LogP contribution in [0.5, 0.6) is 0 Å². The molecule has 1 fully saturated rings. The van der Waals surface area contributed by atoms with E-state index in [-0.39, 0.29) is 30.3 Å². The number of nitrogens with zero attached hydrogens (tertiary/aromatic N) is 1. The van der Waals surface area contributed by atoms with Crippen LogP contribution < -0.4 is 5.32 Å². The first-order valence-electron chi connectivity index (χ1n) is 6.47. The average molecular weight is 266 g/mol. The van der Waals surface area contributed by atoms with E-state index in [9.17, 15) is 9.59 Å². The van der Waals surface area contributed by atoms with Gasteiger partial charge < -0.3 is 14.6 Å². The minimum atomic E-state index is -0.244. The highest BCUT2D eigenvalue weighted by Crippen LogP contribution is 2.25. The molecule has 1 saturated carbocycles. The first-order chi connectivity index (χ1) is 9.20. The van der Waals surface area contributed by atoms with E-state index in [1.807, 2.05) is 0 Å². The van der Waals surface area contributed by atoms with E-state index >= 15 is 0 Å². The fourth-order valence-corrected chi connectivity index (χ4v) is 2.49. The minimum Gasteiger partial charge on any atom is -0.469 e. The molecule has 6 nitrogen and oxygen atoms in total. The Morgan fingerprint density at radius 1 is 1.47 bits per heavy atom. The predicted octanol–water partition coefficient (Wildman–Crippen LogP) is 1.07. The highest BCUT2D eigenvalue weighted by molar-refractivity contribution is 5.80. The molecule has 1 amide bonds. The van der Waals surface area contributed by atoms with E-state index in [0.717, 1.165) is 25.7 Å². The molecule has 2 atom stereocenters. The zero-order valence-corrected chi connectivity index (χ0v) is 10.9. The van der Waals surface area contributed by atoms with E-state index in [1.165, 1.54) is 13.4 Å². The average Bonchev–Trinajstić information content (AvgIpc) is 2.91. The van der Waals surface area contributed by atoms with E-state index in [0.29, 0.717) is 5.69 Å². The Morgan fingerprint density at radius 3 is 2.95 bits per heavy atom. The van der Waals surface area contributed by atoms with Crippen LogP contribution >= 0.6 is 0 Å². The van der Waals surface area contributed by atoms with Crippen molar-refractivity contribution in [2.75, 3.05) is 7.11 Å². The van der Waals surface area contributed by atoms with Gasteiger partial charge in [-0.05, 0) is 12.8 Å². The fraction of sp³-hybridized carbons (Fsp3) is 0.615. The van der Waals surface area contributed by atoms with Crippen LogP contribution in [0.4, 0.5) is 0 Å². The Hall–Kier alpha value is -1.85. The molecule has 0 radical (unpaired) electrons. The summed E-state index contributed by atoms with van der Waals surface area (Å²) < 4.78 is 9.47. The summed E-state index contributed by atoms with van der Waals surface area (Å²) in [6, 6.07) is 1.51. The number of carbonyl (C=O) groups excluding carboxylic acids is 2. The highest BCUT2D eigenvalue weighted by Gasteiger charge is 2.32. The number of aromatic nitrogens is 1. The van der Waals surface area contributed by atoms with Gasteiger partial charge in [0.05, 0.1) is 25.1 Å². The van der Waals surface area contributed by atoms with Crippen LogP contribution in [-0.2, 0) is 20.7 Å². The minimum absolute atomic E-state index is 0.138. The lowest BCUT2D eigenvalue weighted by atomic mass is 9.84. The van der Waals surface area contributed by atoms with Gasteiger partial charge in [-0.25, -0.2) is 0 Å². The predicted molar refractivity (Wildman–Crippen MR) is 66.1 cm³/mol. The second-order valence-corrected chi connectivity index (χ2v) is 4.76. The molecule has 1 aliphatic carbocycles. The Bertz CT molecular complexity index is 430. The summed E-state index contributed by atoms with van der Waals surface area (Å²) in [5.74, 6) is -0.624. The molecule has 19 heavy (non-hydrogen) atoms. The van der Waals surface area contributed by atoms with Crippen LogP contribution in [0.1, 0.15) is 31.4 Å². The number of esters is 1. The summed E-state index contributed by atoms with van der Waals surface area (Å²) in [6.45, 7) is 0. The second kappa shape index (κ2) is 6.36. The van der Waals surface area contributed by atoms with Crippen molar-refractivity contribution in [2.45, 2.75) is 38.1 Å². The molecular formula is C13H18N2O4. The molecule has 2 rings (SSSR count). The quantitative estimate of drug-likeness (QED) is 0.824. The van der Waals surface area contributed by atoms with Crippen LogP contribution in [0.2, 0.25) is 0 Å². The fourth-order valence-electron chi connectivity index (χ4n) is 2.49. The molecule has 1 aromatic heterocycles. The summed E-state index contributed by atoms with van der Waals surface area (Å²) in [5, 5.41) is 6.59. The van der Waals surface area contributed by atoms with Gasteiger partial charge in [-0.15, -0.1) is 0 Å². The molecule has 0 bridgehead atoms. The van der Waals surface area contributed by atoms with Gasteiger partial charge in [0.1, 0.15) is 6.26 Å². The SMILES string of the molecule is COC(=O)[C@@H]1CCCC[C@@H]1NC(=O)Cc1ccon1. The van der Waals surface area contributed by atoms with E-state index in [1.54, 1.807) is 6.07 Å². The molecular weight excluding hydrogens is 248 g/mol. The van der Waals surface area contributed by atoms with Gasteiger partial charge in [0, 0.05) is 12.1 Å². The molecule has 104 valence electrons. The van der Waals surface area contributed by atoms with Crippen molar-refractivity contribution >= 4 is 11.9 Å². The summed E-state index contributed by atoms with van der Waals surface area (Å²) in [4.78, 5) is 23.6. The standard InChI is InChI=1S/C13H18N2O4/c1-18-13(17)10-4-2-3-5-11(10)14-12(16)8-9-6-7-19-15-9/h6-7,10-11H,2-5,8H2,1H3,(H,14,16)/t10-,11+/m1/s1. The number of rotatable bonds is 4. The molecule has 0 spiro atoms. The maximum Gasteiger partial charge on any atom is 0.310 e. The Kier molecular flexibility index (Phi) is 4.54. The number of amides is 1. The van der Waals surface area contributed by atoms with Crippen molar-refractivity contribution in [1.82, 2.24) is 10.5 Å². The number of ether oxygens (including phenoxy) is 1. The Labute approximate surface area is 111 Å². The second-order valence-electron chi connectivity index (χ2n) is 4.76. The number of nitrogens with one attached hydrogen (secondary N) is 1. The molecule has 1 heterocycles. The lowest BCUT2D eigenvalue weighted by molar-refractivity contribution is -0.147.